The van der Waals surface area contributed by atoms with Crippen LogP contribution >= 0.6 is 0 Å². The van der Waals surface area contributed by atoms with Crippen LogP contribution in [0.25, 0.3) is 0 Å². The molecule has 0 radical (unpaired) electrons. The van der Waals surface area contributed by atoms with E-state index in [9.17, 15) is 4.79 Å². The first-order valence-corrected chi connectivity index (χ1v) is 7.05. The van der Waals surface area contributed by atoms with Crippen molar-refractivity contribution in [2.45, 2.75) is 25.7 Å². The van der Waals surface area contributed by atoms with E-state index in [0.29, 0.717) is 6.42 Å². The summed E-state index contributed by atoms with van der Waals surface area (Å²) >= 11 is 0. The number of hydrogen-bond donors (Lipinski definition) is 0. The lowest BCUT2D eigenvalue weighted by Gasteiger charge is -2.08. The summed E-state index contributed by atoms with van der Waals surface area (Å²) in [4.78, 5) is 12.4. The molecule has 0 saturated heterocycles. The van der Waals surface area contributed by atoms with Gasteiger partial charge < -0.3 is 4.74 Å². The van der Waals surface area contributed by atoms with E-state index >= 15 is 0 Å². The largest absolute Gasteiger partial charge is 0.496 e. The first-order chi connectivity index (χ1) is 9.78. The van der Waals surface area contributed by atoms with E-state index in [1.165, 1.54) is 17.5 Å². The van der Waals surface area contributed by atoms with E-state index in [1.807, 2.05) is 30.3 Å². The van der Waals surface area contributed by atoms with Crippen molar-refractivity contribution in [3.05, 3.63) is 64.7 Å². The normalized spacial score (nSPS) is 13.1. The van der Waals surface area contributed by atoms with Crippen molar-refractivity contribution in [2.24, 2.45) is 0 Å². The number of carbonyl (C=O) groups is 1. The van der Waals surface area contributed by atoms with Gasteiger partial charge in [-0.3, -0.25) is 4.79 Å². The Morgan fingerprint density at radius 1 is 1.10 bits per heavy atom. The highest BCUT2D eigenvalue weighted by atomic mass is 16.5. The number of fused-ring (bicyclic) bond motifs is 1. The number of methoxy groups -OCH3 is 1. The molecule has 0 aliphatic heterocycles. The number of benzene rings is 2. The SMILES string of the molecule is COc1ccccc1CC(=O)c1ccc2c(c1)CCC2. The van der Waals surface area contributed by atoms with Crippen LogP contribution in [0, 0.1) is 0 Å². The Morgan fingerprint density at radius 2 is 1.90 bits per heavy atom. The molecule has 2 heteroatoms. The monoisotopic (exact) mass is 266 g/mol. The zero-order valence-electron chi connectivity index (χ0n) is 11.7. The summed E-state index contributed by atoms with van der Waals surface area (Å²) in [6, 6.07) is 13.8. The van der Waals surface area contributed by atoms with Gasteiger partial charge in [-0.15, -0.1) is 0 Å². The number of ketones is 1. The molecule has 0 atom stereocenters. The van der Waals surface area contributed by atoms with Crippen LogP contribution < -0.4 is 4.74 Å². The predicted octanol–water partition coefficient (Wildman–Crippen LogP) is 3.61. The van der Waals surface area contributed by atoms with Crippen LogP contribution in [-0.4, -0.2) is 12.9 Å². The zero-order chi connectivity index (χ0) is 13.9. The van der Waals surface area contributed by atoms with Crippen molar-refractivity contribution < 1.29 is 9.53 Å². The molecule has 0 amide bonds. The summed E-state index contributed by atoms with van der Waals surface area (Å²) in [6.07, 6.45) is 3.85. The molecule has 1 aliphatic carbocycles. The third kappa shape index (κ3) is 2.46. The third-order valence-electron chi connectivity index (χ3n) is 3.96. The van der Waals surface area contributed by atoms with Crippen LogP contribution in [0.2, 0.25) is 0 Å². The molecule has 1 aliphatic rings. The van der Waals surface area contributed by atoms with E-state index in [1.54, 1.807) is 7.11 Å². The minimum absolute atomic E-state index is 0.157. The molecular formula is C18H18O2. The summed E-state index contributed by atoms with van der Waals surface area (Å²) in [5, 5.41) is 0. The second-order valence-corrected chi connectivity index (χ2v) is 5.25. The second kappa shape index (κ2) is 5.49. The van der Waals surface area contributed by atoms with Crippen LogP contribution in [-0.2, 0) is 19.3 Å². The van der Waals surface area contributed by atoms with Gasteiger partial charge in [-0.05, 0) is 42.5 Å². The Morgan fingerprint density at radius 3 is 2.75 bits per heavy atom. The Balaban J connectivity index is 1.83. The van der Waals surface area contributed by atoms with Gasteiger partial charge in [0.05, 0.1) is 7.11 Å². The number of carbonyl (C=O) groups excluding carboxylic acids is 1. The van der Waals surface area contributed by atoms with E-state index in [-0.39, 0.29) is 5.78 Å². The maximum absolute atomic E-state index is 12.4. The molecule has 102 valence electrons. The number of Topliss-reactive ketones (excluding diaryl/α,β-unsaturated/α-hetero) is 1. The first-order valence-electron chi connectivity index (χ1n) is 7.05. The summed E-state index contributed by atoms with van der Waals surface area (Å²) < 4.78 is 5.30. The Bertz CT molecular complexity index is 644. The number of rotatable bonds is 4. The van der Waals surface area contributed by atoms with Crippen molar-refractivity contribution in [3.8, 4) is 5.75 Å². The molecule has 2 nitrogen and oxygen atoms in total. The van der Waals surface area contributed by atoms with E-state index < -0.39 is 0 Å². The van der Waals surface area contributed by atoms with Crippen LogP contribution in [0.4, 0.5) is 0 Å². The number of hydrogen-bond acceptors (Lipinski definition) is 2. The van der Waals surface area contributed by atoms with Crippen LogP contribution in [0.3, 0.4) is 0 Å². The summed E-state index contributed by atoms with van der Waals surface area (Å²) in [6.45, 7) is 0. The molecule has 0 aromatic heterocycles. The highest BCUT2D eigenvalue weighted by molar-refractivity contribution is 5.98. The smallest absolute Gasteiger partial charge is 0.167 e. The summed E-state index contributed by atoms with van der Waals surface area (Å²) in [5.41, 5.74) is 4.51. The fourth-order valence-corrected chi connectivity index (χ4v) is 2.87. The van der Waals surface area contributed by atoms with Gasteiger partial charge in [0, 0.05) is 17.5 Å². The molecular weight excluding hydrogens is 248 g/mol. The van der Waals surface area contributed by atoms with Crippen molar-refractivity contribution in [1.29, 1.82) is 0 Å². The van der Waals surface area contributed by atoms with Gasteiger partial charge in [0.1, 0.15) is 5.75 Å². The standard InChI is InChI=1S/C18H18O2/c1-20-18-8-3-2-5-16(18)12-17(19)15-10-9-13-6-4-7-14(13)11-15/h2-3,5,8-11H,4,6-7,12H2,1H3. The van der Waals surface area contributed by atoms with Crippen molar-refractivity contribution in [2.75, 3.05) is 7.11 Å². The van der Waals surface area contributed by atoms with Crippen molar-refractivity contribution >= 4 is 5.78 Å². The third-order valence-corrected chi connectivity index (χ3v) is 3.96. The molecule has 0 spiro atoms. The van der Waals surface area contributed by atoms with Gasteiger partial charge >= 0.3 is 0 Å². The minimum Gasteiger partial charge on any atom is -0.496 e. The Hall–Kier alpha value is -2.09. The molecule has 0 fully saturated rings. The van der Waals surface area contributed by atoms with Crippen molar-refractivity contribution in [1.82, 2.24) is 0 Å². The lowest BCUT2D eigenvalue weighted by Crippen LogP contribution is -2.05. The minimum atomic E-state index is 0.157. The molecule has 0 bridgehead atoms. The zero-order valence-corrected chi connectivity index (χ0v) is 11.7. The Labute approximate surface area is 119 Å². The average molecular weight is 266 g/mol. The molecule has 20 heavy (non-hydrogen) atoms. The predicted molar refractivity (Wildman–Crippen MR) is 79.5 cm³/mol. The molecule has 2 aromatic carbocycles. The summed E-state index contributed by atoms with van der Waals surface area (Å²) in [7, 11) is 1.64. The Kier molecular flexibility index (Phi) is 3.55. The molecule has 0 unspecified atom stereocenters. The van der Waals surface area contributed by atoms with Gasteiger partial charge in [-0.1, -0.05) is 30.3 Å². The second-order valence-electron chi connectivity index (χ2n) is 5.25. The fourth-order valence-electron chi connectivity index (χ4n) is 2.87. The van der Waals surface area contributed by atoms with Gasteiger partial charge in [-0.2, -0.15) is 0 Å². The van der Waals surface area contributed by atoms with Crippen LogP contribution in [0.5, 0.6) is 5.75 Å². The van der Waals surface area contributed by atoms with Gasteiger partial charge in [-0.25, -0.2) is 0 Å². The molecule has 0 N–H and O–H groups in total. The summed E-state index contributed by atoms with van der Waals surface area (Å²) in [5.74, 6) is 0.936. The lowest BCUT2D eigenvalue weighted by atomic mass is 9.99. The molecule has 2 aromatic rings. The maximum Gasteiger partial charge on any atom is 0.167 e. The first kappa shape index (κ1) is 12.9. The average Bonchev–Trinajstić information content (AvgIpc) is 2.95. The molecule has 3 rings (SSSR count). The highest BCUT2D eigenvalue weighted by Crippen LogP contribution is 2.24. The highest BCUT2D eigenvalue weighted by Gasteiger charge is 2.15. The number of aryl methyl sites for hydroxylation is 2. The van der Waals surface area contributed by atoms with E-state index in [2.05, 4.69) is 12.1 Å². The van der Waals surface area contributed by atoms with Crippen LogP contribution in [0.15, 0.2) is 42.5 Å². The molecule has 0 heterocycles. The maximum atomic E-state index is 12.4. The quantitative estimate of drug-likeness (QED) is 0.790. The molecule has 0 saturated carbocycles. The number of para-hydroxylation sites is 1. The van der Waals surface area contributed by atoms with Gasteiger partial charge in [0.2, 0.25) is 0 Å². The van der Waals surface area contributed by atoms with Crippen LogP contribution in [0.1, 0.15) is 33.5 Å². The lowest BCUT2D eigenvalue weighted by molar-refractivity contribution is 0.0992. The topological polar surface area (TPSA) is 26.3 Å². The van der Waals surface area contributed by atoms with Gasteiger partial charge in [0.15, 0.2) is 5.78 Å². The number of ether oxygens (including phenoxy) is 1. The van der Waals surface area contributed by atoms with E-state index in [4.69, 9.17) is 4.74 Å². The fraction of sp³-hybridized carbons (Fsp3) is 0.278. The van der Waals surface area contributed by atoms with Gasteiger partial charge in [0.25, 0.3) is 0 Å². The van der Waals surface area contributed by atoms with E-state index in [0.717, 1.165) is 29.7 Å². The van der Waals surface area contributed by atoms with Crippen molar-refractivity contribution in [3.63, 3.8) is 0 Å².